The van der Waals surface area contributed by atoms with Crippen molar-refractivity contribution in [3.05, 3.63) is 47.3 Å². The predicted molar refractivity (Wildman–Crippen MR) is 131 cm³/mol. The number of amides is 2. The summed E-state index contributed by atoms with van der Waals surface area (Å²) in [6.45, 7) is 11.4. The molecule has 1 aromatic rings. The molecular formula is C25H39N5O4. The number of hydrogen-bond donors (Lipinski definition) is 2. The molecule has 1 aliphatic heterocycles. The quantitative estimate of drug-likeness (QED) is 0.441. The summed E-state index contributed by atoms with van der Waals surface area (Å²) in [4.78, 5) is 45.7. The van der Waals surface area contributed by atoms with Gasteiger partial charge in [-0.2, -0.15) is 0 Å². The molecule has 34 heavy (non-hydrogen) atoms. The maximum Gasteiger partial charge on any atom is 0.264 e. The lowest BCUT2D eigenvalue weighted by Crippen LogP contribution is -2.58. The zero-order valence-electron chi connectivity index (χ0n) is 21.0. The second kappa shape index (κ2) is 12.5. The van der Waals surface area contributed by atoms with E-state index in [0.717, 1.165) is 12.0 Å². The van der Waals surface area contributed by atoms with Gasteiger partial charge in [0.25, 0.3) is 5.91 Å². The molecular weight excluding hydrogens is 434 g/mol. The zero-order chi connectivity index (χ0) is 25.4. The van der Waals surface area contributed by atoms with Crippen LogP contribution in [0.2, 0.25) is 0 Å². The summed E-state index contributed by atoms with van der Waals surface area (Å²) in [7, 11) is 0. The van der Waals surface area contributed by atoms with Gasteiger partial charge in [0, 0.05) is 26.2 Å². The second-order valence-corrected chi connectivity index (χ2v) is 8.39. The number of ketones is 1. The molecule has 0 radical (unpaired) electrons. The summed E-state index contributed by atoms with van der Waals surface area (Å²) in [5.74, 6) is -1.16. The van der Waals surface area contributed by atoms with Gasteiger partial charge in [-0.3, -0.25) is 24.2 Å². The summed E-state index contributed by atoms with van der Waals surface area (Å²) in [5.41, 5.74) is 7.07. The van der Waals surface area contributed by atoms with Gasteiger partial charge in [0.2, 0.25) is 12.3 Å². The standard InChI is InChI=1S/C25H39N5O4/c1-6-15-28(18(5)23(32)27(7-2)8-3)17-20(31)21-22(26)30(16-19-13-11-10-12-14-19)25(34)29(9-4)24(21)33/h10-14,18,25,34H,6-9,15-17,26H2,1-5H3. The third-order valence-corrected chi connectivity index (χ3v) is 6.25. The smallest absolute Gasteiger partial charge is 0.264 e. The largest absolute Gasteiger partial charge is 0.384 e. The maximum atomic E-state index is 13.4. The van der Waals surface area contributed by atoms with E-state index in [-0.39, 0.29) is 36.9 Å². The molecule has 0 bridgehead atoms. The average molecular weight is 474 g/mol. The van der Waals surface area contributed by atoms with E-state index in [2.05, 4.69) is 0 Å². The highest BCUT2D eigenvalue weighted by molar-refractivity contribution is 6.21. The van der Waals surface area contributed by atoms with E-state index in [1.54, 1.807) is 23.6 Å². The molecule has 0 fully saturated rings. The van der Waals surface area contributed by atoms with Crippen LogP contribution in [0.3, 0.4) is 0 Å². The Kier molecular flexibility index (Phi) is 10.1. The van der Waals surface area contributed by atoms with Gasteiger partial charge >= 0.3 is 0 Å². The van der Waals surface area contributed by atoms with Crippen molar-refractivity contribution >= 4 is 17.6 Å². The Bertz CT molecular complexity index is 885. The fourth-order valence-electron chi connectivity index (χ4n) is 4.23. The van der Waals surface area contributed by atoms with Crippen molar-refractivity contribution in [2.45, 2.75) is 60.0 Å². The summed E-state index contributed by atoms with van der Waals surface area (Å²) in [5, 5.41) is 10.8. The van der Waals surface area contributed by atoms with Crippen molar-refractivity contribution in [3.63, 3.8) is 0 Å². The number of nitrogens with zero attached hydrogens (tertiary/aromatic N) is 4. The van der Waals surface area contributed by atoms with Crippen LogP contribution in [0.5, 0.6) is 0 Å². The van der Waals surface area contributed by atoms with Crippen molar-refractivity contribution in [2.24, 2.45) is 5.73 Å². The minimum Gasteiger partial charge on any atom is -0.384 e. The molecule has 2 atom stereocenters. The number of aliphatic hydroxyl groups is 1. The zero-order valence-corrected chi connectivity index (χ0v) is 21.0. The molecule has 0 aliphatic carbocycles. The van der Waals surface area contributed by atoms with E-state index in [1.807, 2.05) is 51.1 Å². The van der Waals surface area contributed by atoms with Crippen LogP contribution < -0.4 is 5.73 Å². The molecule has 1 aliphatic rings. The first kappa shape index (κ1) is 27.3. The molecule has 188 valence electrons. The maximum absolute atomic E-state index is 13.4. The van der Waals surface area contributed by atoms with E-state index < -0.39 is 24.1 Å². The van der Waals surface area contributed by atoms with Crippen molar-refractivity contribution < 1.29 is 19.5 Å². The fraction of sp³-hybridized carbons (Fsp3) is 0.560. The molecule has 0 saturated carbocycles. The second-order valence-electron chi connectivity index (χ2n) is 8.39. The normalized spacial score (nSPS) is 17.4. The number of likely N-dealkylation sites (N-methyl/N-ethyl adjacent to an activating group) is 2. The molecule has 9 nitrogen and oxygen atoms in total. The third kappa shape index (κ3) is 5.95. The Morgan fingerprint density at radius 3 is 2.24 bits per heavy atom. The van der Waals surface area contributed by atoms with Crippen molar-refractivity contribution in [2.75, 3.05) is 32.7 Å². The van der Waals surface area contributed by atoms with Crippen LogP contribution in [0.15, 0.2) is 41.7 Å². The van der Waals surface area contributed by atoms with Crippen molar-refractivity contribution in [1.29, 1.82) is 0 Å². The highest BCUT2D eigenvalue weighted by Crippen LogP contribution is 2.24. The van der Waals surface area contributed by atoms with Gasteiger partial charge in [-0.25, -0.2) is 0 Å². The Balaban J connectivity index is 2.36. The first-order valence-electron chi connectivity index (χ1n) is 12.1. The third-order valence-electron chi connectivity index (χ3n) is 6.25. The number of carbonyl (C=O) groups excluding carboxylic acids is 3. The SMILES string of the molecule is CCCN(CC(=O)C1=C(N)N(Cc2ccccc2)C(O)N(CC)C1=O)C(C)C(=O)N(CC)CC. The van der Waals surface area contributed by atoms with E-state index in [4.69, 9.17) is 5.73 Å². The molecule has 2 unspecified atom stereocenters. The number of nitrogens with two attached hydrogens (primary N) is 1. The van der Waals surface area contributed by atoms with E-state index in [9.17, 15) is 19.5 Å². The van der Waals surface area contributed by atoms with E-state index in [0.29, 0.717) is 19.6 Å². The van der Waals surface area contributed by atoms with Gasteiger partial charge in [0.1, 0.15) is 11.4 Å². The van der Waals surface area contributed by atoms with Gasteiger partial charge in [-0.15, -0.1) is 0 Å². The number of benzene rings is 1. The Hall–Kier alpha value is -2.91. The van der Waals surface area contributed by atoms with Crippen molar-refractivity contribution in [3.8, 4) is 0 Å². The van der Waals surface area contributed by atoms with Crippen LogP contribution in [-0.4, -0.2) is 87.4 Å². The monoisotopic (exact) mass is 473 g/mol. The highest BCUT2D eigenvalue weighted by Gasteiger charge is 2.40. The van der Waals surface area contributed by atoms with E-state index in [1.165, 1.54) is 9.80 Å². The van der Waals surface area contributed by atoms with Gasteiger partial charge in [-0.1, -0.05) is 37.3 Å². The molecule has 1 heterocycles. The molecule has 3 N–H and O–H groups in total. The summed E-state index contributed by atoms with van der Waals surface area (Å²) in [6.07, 6.45) is -0.532. The fourth-order valence-corrected chi connectivity index (χ4v) is 4.23. The molecule has 1 aromatic carbocycles. The van der Waals surface area contributed by atoms with Gasteiger partial charge in [-0.05, 0) is 46.2 Å². The average Bonchev–Trinajstić information content (AvgIpc) is 2.82. The first-order valence-corrected chi connectivity index (χ1v) is 12.1. The van der Waals surface area contributed by atoms with Crippen LogP contribution >= 0.6 is 0 Å². The highest BCUT2D eigenvalue weighted by atomic mass is 16.3. The lowest BCUT2D eigenvalue weighted by molar-refractivity contribution is -0.158. The van der Waals surface area contributed by atoms with Gasteiger partial charge in [0.05, 0.1) is 12.6 Å². The van der Waals surface area contributed by atoms with E-state index >= 15 is 0 Å². The number of rotatable bonds is 12. The summed E-state index contributed by atoms with van der Waals surface area (Å²) < 4.78 is 0. The van der Waals surface area contributed by atoms with Crippen LogP contribution in [0.1, 0.15) is 46.6 Å². The number of carbonyl (C=O) groups is 3. The summed E-state index contributed by atoms with van der Waals surface area (Å²) in [6, 6.07) is 8.89. The lowest BCUT2D eigenvalue weighted by atomic mass is 10.0. The molecule has 2 rings (SSSR count). The summed E-state index contributed by atoms with van der Waals surface area (Å²) >= 11 is 0. The van der Waals surface area contributed by atoms with Crippen LogP contribution in [0.4, 0.5) is 0 Å². The Morgan fingerprint density at radius 2 is 1.71 bits per heavy atom. The number of hydrogen-bond acceptors (Lipinski definition) is 7. The molecule has 0 saturated heterocycles. The number of Topliss-reactive ketones (excluding diaryl/α,β-unsaturated/α-hetero) is 1. The van der Waals surface area contributed by atoms with Crippen LogP contribution in [0, 0.1) is 0 Å². The topological polar surface area (TPSA) is 110 Å². The van der Waals surface area contributed by atoms with Crippen molar-refractivity contribution in [1.82, 2.24) is 19.6 Å². The minimum absolute atomic E-state index is 0.0461. The van der Waals surface area contributed by atoms with Crippen LogP contribution in [0.25, 0.3) is 0 Å². The van der Waals surface area contributed by atoms with Gasteiger partial charge in [0.15, 0.2) is 5.78 Å². The van der Waals surface area contributed by atoms with Crippen LogP contribution in [-0.2, 0) is 20.9 Å². The molecule has 2 amide bonds. The minimum atomic E-state index is -1.27. The first-order chi connectivity index (χ1) is 16.2. The lowest BCUT2D eigenvalue weighted by Gasteiger charge is -2.42. The van der Waals surface area contributed by atoms with Gasteiger partial charge < -0.3 is 20.6 Å². The number of aliphatic hydroxyl groups excluding tert-OH is 1. The predicted octanol–water partition coefficient (Wildman–Crippen LogP) is 1.33. The Labute approximate surface area is 202 Å². The molecule has 0 aromatic heterocycles. The molecule has 0 spiro atoms. The Morgan fingerprint density at radius 1 is 1.09 bits per heavy atom. The molecule has 9 heteroatoms.